The SMILES string of the molecule is CC(Cl)(OC(=O)OC(C)(Cl)C1CCCCC1)C1CCCCC1. The van der Waals surface area contributed by atoms with Gasteiger partial charge < -0.3 is 9.47 Å². The van der Waals surface area contributed by atoms with Crippen LogP contribution in [0.15, 0.2) is 0 Å². The van der Waals surface area contributed by atoms with Crippen molar-refractivity contribution in [1.82, 2.24) is 0 Å². The molecule has 2 fully saturated rings. The highest BCUT2D eigenvalue weighted by molar-refractivity contribution is 6.24. The molecule has 2 atom stereocenters. The van der Waals surface area contributed by atoms with E-state index >= 15 is 0 Å². The molecule has 0 amide bonds. The lowest BCUT2D eigenvalue weighted by Gasteiger charge is -2.37. The zero-order valence-electron chi connectivity index (χ0n) is 13.7. The summed E-state index contributed by atoms with van der Waals surface area (Å²) in [5, 5.41) is -2.01. The third-order valence-corrected chi connectivity index (χ3v) is 6.01. The first-order valence-corrected chi connectivity index (χ1v) is 9.36. The van der Waals surface area contributed by atoms with E-state index in [-0.39, 0.29) is 11.8 Å². The van der Waals surface area contributed by atoms with E-state index in [0.717, 1.165) is 51.4 Å². The van der Waals surface area contributed by atoms with Crippen molar-refractivity contribution < 1.29 is 14.3 Å². The molecule has 5 heteroatoms. The van der Waals surface area contributed by atoms with Crippen LogP contribution >= 0.6 is 23.2 Å². The van der Waals surface area contributed by atoms with Crippen LogP contribution in [0.3, 0.4) is 0 Å². The van der Waals surface area contributed by atoms with Gasteiger partial charge in [0.25, 0.3) is 0 Å². The van der Waals surface area contributed by atoms with Crippen LogP contribution in [0.1, 0.15) is 78.1 Å². The van der Waals surface area contributed by atoms with Gasteiger partial charge in [0.2, 0.25) is 0 Å². The summed E-state index contributed by atoms with van der Waals surface area (Å²) in [5.41, 5.74) is 0. The van der Waals surface area contributed by atoms with E-state index < -0.39 is 16.3 Å². The summed E-state index contributed by atoms with van der Waals surface area (Å²) in [6, 6.07) is 0. The Bertz CT molecular complexity index is 336. The minimum atomic E-state index is -1.00. The van der Waals surface area contributed by atoms with Crippen LogP contribution in [0.5, 0.6) is 0 Å². The molecular formula is C17H28Cl2O3. The second kappa shape index (κ2) is 7.61. The molecule has 0 aromatic rings. The number of alkyl halides is 2. The summed E-state index contributed by atoms with van der Waals surface area (Å²) >= 11 is 12.9. The maximum Gasteiger partial charge on any atom is 0.511 e. The van der Waals surface area contributed by atoms with E-state index in [1.165, 1.54) is 12.8 Å². The van der Waals surface area contributed by atoms with Gasteiger partial charge in [-0.1, -0.05) is 61.7 Å². The summed E-state index contributed by atoms with van der Waals surface area (Å²) in [7, 11) is 0. The Kier molecular flexibility index (Phi) is 6.30. The summed E-state index contributed by atoms with van der Waals surface area (Å²) in [5.74, 6) is 0.374. The quantitative estimate of drug-likeness (QED) is 0.446. The molecule has 22 heavy (non-hydrogen) atoms. The van der Waals surface area contributed by atoms with Crippen LogP contribution in [-0.2, 0) is 9.47 Å². The second-order valence-corrected chi connectivity index (χ2v) is 8.60. The molecule has 2 saturated carbocycles. The van der Waals surface area contributed by atoms with Crippen molar-refractivity contribution in [2.75, 3.05) is 0 Å². The number of carbonyl (C=O) groups excluding carboxylic acids is 1. The molecule has 0 heterocycles. The number of ether oxygens (including phenoxy) is 2. The Balaban J connectivity index is 1.87. The Hall–Kier alpha value is -0.150. The fourth-order valence-electron chi connectivity index (χ4n) is 3.75. The first-order chi connectivity index (χ1) is 10.3. The van der Waals surface area contributed by atoms with Crippen molar-refractivity contribution in [2.45, 2.75) is 88.2 Å². The third kappa shape index (κ3) is 4.92. The molecule has 2 aliphatic carbocycles. The molecule has 0 N–H and O–H groups in total. The molecule has 128 valence electrons. The van der Waals surface area contributed by atoms with Gasteiger partial charge in [-0.3, -0.25) is 0 Å². The van der Waals surface area contributed by atoms with Crippen molar-refractivity contribution in [1.29, 1.82) is 0 Å². The molecule has 2 aliphatic rings. The van der Waals surface area contributed by atoms with E-state index in [2.05, 4.69) is 0 Å². The van der Waals surface area contributed by atoms with Gasteiger partial charge in [0, 0.05) is 11.8 Å². The predicted octanol–water partition coefficient (Wildman–Crippen LogP) is 6.21. The van der Waals surface area contributed by atoms with Crippen LogP contribution in [0.4, 0.5) is 4.79 Å². The molecule has 2 rings (SSSR count). The van der Waals surface area contributed by atoms with Crippen molar-refractivity contribution >= 4 is 29.4 Å². The van der Waals surface area contributed by atoms with Gasteiger partial charge in [-0.2, -0.15) is 0 Å². The summed E-state index contributed by atoms with van der Waals surface area (Å²) in [6.45, 7) is 3.52. The average Bonchev–Trinajstić information content (AvgIpc) is 2.48. The van der Waals surface area contributed by atoms with Gasteiger partial charge in [0.05, 0.1) is 0 Å². The highest BCUT2D eigenvalue weighted by Crippen LogP contribution is 2.40. The van der Waals surface area contributed by atoms with Crippen LogP contribution in [0.25, 0.3) is 0 Å². The molecule has 0 spiro atoms. The first kappa shape index (κ1) is 18.2. The summed E-state index contributed by atoms with van der Waals surface area (Å²) in [6.07, 6.45) is 10.3. The van der Waals surface area contributed by atoms with Gasteiger partial charge in [-0.25, -0.2) is 4.79 Å². The minimum Gasteiger partial charge on any atom is -0.412 e. The van der Waals surface area contributed by atoms with Crippen molar-refractivity contribution in [3.05, 3.63) is 0 Å². The molecule has 0 aliphatic heterocycles. The zero-order chi connectivity index (χ0) is 16.2. The molecule has 0 bridgehead atoms. The van der Waals surface area contributed by atoms with Gasteiger partial charge >= 0.3 is 6.16 Å². The van der Waals surface area contributed by atoms with Crippen molar-refractivity contribution in [2.24, 2.45) is 11.8 Å². The molecular weight excluding hydrogens is 323 g/mol. The zero-order valence-corrected chi connectivity index (χ0v) is 15.2. The Labute approximate surface area is 144 Å². The van der Waals surface area contributed by atoms with Gasteiger partial charge in [-0.05, 0) is 39.5 Å². The number of rotatable bonds is 4. The van der Waals surface area contributed by atoms with E-state index in [9.17, 15) is 4.79 Å². The van der Waals surface area contributed by atoms with Crippen LogP contribution < -0.4 is 0 Å². The Morgan fingerprint density at radius 2 is 1.09 bits per heavy atom. The molecule has 0 saturated heterocycles. The lowest BCUT2D eigenvalue weighted by atomic mass is 9.85. The highest BCUT2D eigenvalue weighted by atomic mass is 35.5. The summed E-state index contributed by atoms with van der Waals surface area (Å²) in [4.78, 5) is 12.1. The van der Waals surface area contributed by atoms with E-state index in [0.29, 0.717) is 0 Å². The molecule has 3 nitrogen and oxygen atoms in total. The molecule has 2 unspecified atom stereocenters. The number of carbonyl (C=O) groups is 1. The van der Waals surface area contributed by atoms with Crippen LogP contribution in [-0.4, -0.2) is 16.3 Å². The van der Waals surface area contributed by atoms with Crippen LogP contribution in [0, 0.1) is 11.8 Å². The molecule has 0 radical (unpaired) electrons. The van der Waals surface area contributed by atoms with Crippen molar-refractivity contribution in [3.63, 3.8) is 0 Å². The van der Waals surface area contributed by atoms with Gasteiger partial charge in [0.1, 0.15) is 0 Å². The monoisotopic (exact) mass is 350 g/mol. The fraction of sp³-hybridized carbons (Fsp3) is 0.941. The van der Waals surface area contributed by atoms with E-state index in [1.54, 1.807) is 13.8 Å². The fourth-order valence-corrected chi connectivity index (χ4v) is 4.31. The van der Waals surface area contributed by atoms with Crippen LogP contribution in [0.2, 0.25) is 0 Å². The first-order valence-electron chi connectivity index (χ1n) is 8.61. The third-order valence-electron chi connectivity index (χ3n) is 5.23. The number of halogens is 2. The van der Waals surface area contributed by atoms with E-state index in [4.69, 9.17) is 32.7 Å². The van der Waals surface area contributed by atoms with Gasteiger partial charge in [0.15, 0.2) is 10.1 Å². The Morgan fingerprint density at radius 1 is 0.773 bits per heavy atom. The summed E-state index contributed by atoms with van der Waals surface area (Å²) < 4.78 is 10.8. The highest BCUT2D eigenvalue weighted by Gasteiger charge is 2.41. The predicted molar refractivity (Wildman–Crippen MR) is 89.2 cm³/mol. The minimum absolute atomic E-state index is 0.187. The number of hydrogen-bond donors (Lipinski definition) is 0. The van der Waals surface area contributed by atoms with Gasteiger partial charge in [-0.15, -0.1) is 0 Å². The number of hydrogen-bond acceptors (Lipinski definition) is 3. The van der Waals surface area contributed by atoms with E-state index in [1.807, 2.05) is 0 Å². The maximum absolute atomic E-state index is 12.1. The molecule has 0 aromatic carbocycles. The smallest absolute Gasteiger partial charge is 0.412 e. The average molecular weight is 351 g/mol. The largest absolute Gasteiger partial charge is 0.511 e. The normalized spacial score (nSPS) is 26.7. The standard InChI is InChI=1S/C17H28Cl2O3/c1-16(18,13-9-5-3-6-10-13)21-15(20)22-17(2,19)14-11-7-4-8-12-14/h13-14H,3-12H2,1-2H3. The lowest BCUT2D eigenvalue weighted by Crippen LogP contribution is -2.40. The maximum atomic E-state index is 12.1. The topological polar surface area (TPSA) is 35.5 Å². The lowest BCUT2D eigenvalue weighted by molar-refractivity contribution is -0.0586. The second-order valence-electron chi connectivity index (χ2n) is 7.10. The Morgan fingerprint density at radius 3 is 1.41 bits per heavy atom. The molecule has 0 aromatic heterocycles. The van der Waals surface area contributed by atoms with Crippen molar-refractivity contribution in [3.8, 4) is 0 Å².